The van der Waals surface area contributed by atoms with Crippen molar-refractivity contribution in [1.82, 2.24) is 9.97 Å². The summed E-state index contributed by atoms with van der Waals surface area (Å²) in [5.74, 6) is 0.595. The third-order valence-corrected chi connectivity index (χ3v) is 2.32. The highest BCUT2D eigenvalue weighted by Crippen LogP contribution is 2.26. The number of rotatable bonds is 8. The van der Waals surface area contributed by atoms with E-state index in [-0.39, 0.29) is 11.5 Å². The lowest BCUT2D eigenvalue weighted by atomic mass is 10.3. The normalized spacial score (nSPS) is 10.3. The number of aryl methyl sites for hydroxylation is 1. The van der Waals surface area contributed by atoms with Gasteiger partial charge in [0.1, 0.15) is 5.69 Å². The predicted molar refractivity (Wildman–Crippen MR) is 72.6 cm³/mol. The van der Waals surface area contributed by atoms with E-state index in [0.717, 1.165) is 0 Å². The van der Waals surface area contributed by atoms with Crippen LogP contribution in [0.1, 0.15) is 19.5 Å². The minimum atomic E-state index is -0.478. The fourth-order valence-electron chi connectivity index (χ4n) is 1.53. The number of nitrogens with zero attached hydrogens (tertiary/aromatic N) is 3. The SMILES string of the molecule is CCNc1nc(C)c([N+](=O)[O-])c(NCCOCC)n1. The van der Waals surface area contributed by atoms with Gasteiger partial charge in [-0.25, -0.2) is 4.98 Å². The largest absolute Gasteiger partial charge is 0.380 e. The number of nitro groups is 1. The maximum Gasteiger partial charge on any atom is 0.332 e. The fraction of sp³-hybridized carbons (Fsp3) is 0.636. The zero-order valence-electron chi connectivity index (χ0n) is 11.4. The molecule has 0 radical (unpaired) electrons. The van der Waals surface area contributed by atoms with Gasteiger partial charge < -0.3 is 15.4 Å². The zero-order valence-corrected chi connectivity index (χ0v) is 11.4. The number of aromatic nitrogens is 2. The molecular weight excluding hydrogens is 250 g/mol. The van der Waals surface area contributed by atoms with E-state index in [1.54, 1.807) is 6.92 Å². The Morgan fingerprint density at radius 3 is 2.63 bits per heavy atom. The van der Waals surface area contributed by atoms with Gasteiger partial charge in [0.15, 0.2) is 0 Å². The number of ether oxygens (including phenoxy) is 1. The molecule has 0 aliphatic carbocycles. The highest BCUT2D eigenvalue weighted by atomic mass is 16.6. The average Bonchev–Trinajstić information content (AvgIpc) is 2.34. The van der Waals surface area contributed by atoms with E-state index in [2.05, 4.69) is 20.6 Å². The van der Waals surface area contributed by atoms with Gasteiger partial charge in [0.25, 0.3) is 0 Å². The molecule has 0 unspecified atom stereocenters. The second-order valence-corrected chi connectivity index (χ2v) is 3.74. The molecule has 106 valence electrons. The van der Waals surface area contributed by atoms with Crippen molar-refractivity contribution in [2.45, 2.75) is 20.8 Å². The standard InChI is InChI=1S/C11H19N5O3/c1-4-12-11-14-8(3)9(16(17)18)10(15-11)13-6-7-19-5-2/h4-7H2,1-3H3,(H2,12,13,14,15). The summed E-state index contributed by atoms with van der Waals surface area (Å²) in [4.78, 5) is 18.7. The Bertz CT molecular complexity index is 439. The number of nitrogens with one attached hydrogen (secondary N) is 2. The quantitative estimate of drug-likeness (QED) is 0.419. The molecule has 0 aliphatic rings. The smallest absolute Gasteiger partial charge is 0.332 e. The van der Waals surface area contributed by atoms with Crippen LogP contribution in [0.4, 0.5) is 17.5 Å². The predicted octanol–water partition coefficient (Wildman–Crippen LogP) is 1.57. The molecule has 0 atom stereocenters. The average molecular weight is 269 g/mol. The van der Waals surface area contributed by atoms with Gasteiger partial charge in [-0.15, -0.1) is 0 Å². The minimum absolute atomic E-state index is 0.0989. The van der Waals surface area contributed by atoms with Gasteiger partial charge in [-0.3, -0.25) is 10.1 Å². The van der Waals surface area contributed by atoms with Crippen LogP contribution in [0.15, 0.2) is 0 Å². The van der Waals surface area contributed by atoms with E-state index < -0.39 is 4.92 Å². The molecule has 0 fully saturated rings. The van der Waals surface area contributed by atoms with Gasteiger partial charge in [-0.1, -0.05) is 0 Å². The topological polar surface area (TPSA) is 102 Å². The first kappa shape index (κ1) is 15.1. The zero-order chi connectivity index (χ0) is 14.3. The Hall–Kier alpha value is -1.96. The van der Waals surface area contributed by atoms with Crippen molar-refractivity contribution < 1.29 is 9.66 Å². The highest BCUT2D eigenvalue weighted by Gasteiger charge is 2.21. The molecule has 0 amide bonds. The molecule has 0 aromatic carbocycles. The Kier molecular flexibility index (Phi) is 5.94. The molecule has 1 heterocycles. The van der Waals surface area contributed by atoms with Gasteiger partial charge in [-0.05, 0) is 20.8 Å². The van der Waals surface area contributed by atoms with E-state index in [1.165, 1.54) is 0 Å². The van der Waals surface area contributed by atoms with Crippen molar-refractivity contribution in [3.8, 4) is 0 Å². The van der Waals surface area contributed by atoms with E-state index in [1.807, 2.05) is 13.8 Å². The summed E-state index contributed by atoms with van der Waals surface area (Å²) in [6.07, 6.45) is 0. The van der Waals surface area contributed by atoms with Crippen LogP contribution in [-0.4, -0.2) is 41.2 Å². The van der Waals surface area contributed by atoms with Gasteiger partial charge in [0.2, 0.25) is 11.8 Å². The second-order valence-electron chi connectivity index (χ2n) is 3.74. The summed E-state index contributed by atoms with van der Waals surface area (Å²) < 4.78 is 5.17. The van der Waals surface area contributed by atoms with Crippen LogP contribution < -0.4 is 10.6 Å². The van der Waals surface area contributed by atoms with Crippen LogP contribution in [-0.2, 0) is 4.74 Å². The van der Waals surface area contributed by atoms with Crippen molar-refractivity contribution in [3.05, 3.63) is 15.8 Å². The lowest BCUT2D eigenvalue weighted by Crippen LogP contribution is -2.14. The van der Waals surface area contributed by atoms with Gasteiger partial charge in [0, 0.05) is 19.7 Å². The van der Waals surface area contributed by atoms with Crippen LogP contribution >= 0.6 is 0 Å². The lowest BCUT2D eigenvalue weighted by Gasteiger charge is -2.10. The van der Waals surface area contributed by atoms with Gasteiger partial charge in [0.05, 0.1) is 11.5 Å². The fourth-order valence-corrected chi connectivity index (χ4v) is 1.53. The first-order valence-corrected chi connectivity index (χ1v) is 6.18. The molecule has 19 heavy (non-hydrogen) atoms. The Morgan fingerprint density at radius 1 is 1.32 bits per heavy atom. The summed E-state index contributed by atoms with van der Waals surface area (Å²) in [5, 5.41) is 16.9. The molecule has 2 N–H and O–H groups in total. The van der Waals surface area contributed by atoms with E-state index in [0.29, 0.717) is 37.9 Å². The number of hydrogen-bond donors (Lipinski definition) is 2. The summed E-state index contributed by atoms with van der Waals surface area (Å²) in [7, 11) is 0. The van der Waals surface area contributed by atoms with Crippen LogP contribution in [0.3, 0.4) is 0 Å². The monoisotopic (exact) mass is 269 g/mol. The third-order valence-electron chi connectivity index (χ3n) is 2.32. The minimum Gasteiger partial charge on any atom is -0.380 e. The molecule has 1 aromatic heterocycles. The van der Waals surface area contributed by atoms with Crippen LogP contribution in [0, 0.1) is 17.0 Å². The molecule has 0 aliphatic heterocycles. The highest BCUT2D eigenvalue weighted by molar-refractivity contribution is 5.60. The molecule has 1 aromatic rings. The first-order valence-electron chi connectivity index (χ1n) is 6.18. The molecule has 0 saturated heterocycles. The van der Waals surface area contributed by atoms with E-state index in [4.69, 9.17) is 4.74 Å². The third kappa shape index (κ3) is 4.32. The molecule has 1 rings (SSSR count). The van der Waals surface area contributed by atoms with Crippen molar-refractivity contribution in [2.24, 2.45) is 0 Å². The Labute approximate surface area is 111 Å². The number of anilines is 2. The van der Waals surface area contributed by atoms with Crippen LogP contribution in [0.25, 0.3) is 0 Å². The van der Waals surface area contributed by atoms with Crippen LogP contribution in [0.5, 0.6) is 0 Å². The molecule has 0 bridgehead atoms. The first-order chi connectivity index (χ1) is 9.10. The maximum atomic E-state index is 11.0. The van der Waals surface area contributed by atoms with Crippen molar-refractivity contribution in [1.29, 1.82) is 0 Å². The summed E-state index contributed by atoms with van der Waals surface area (Å²) in [5.41, 5.74) is 0.230. The Morgan fingerprint density at radius 2 is 2.05 bits per heavy atom. The van der Waals surface area contributed by atoms with Crippen molar-refractivity contribution in [2.75, 3.05) is 36.9 Å². The van der Waals surface area contributed by atoms with Crippen molar-refractivity contribution >= 4 is 17.5 Å². The van der Waals surface area contributed by atoms with E-state index >= 15 is 0 Å². The van der Waals surface area contributed by atoms with Crippen LogP contribution in [0.2, 0.25) is 0 Å². The summed E-state index contributed by atoms with van der Waals surface area (Å²) in [6, 6.07) is 0. The van der Waals surface area contributed by atoms with Crippen molar-refractivity contribution in [3.63, 3.8) is 0 Å². The molecule has 0 spiro atoms. The lowest BCUT2D eigenvalue weighted by molar-refractivity contribution is -0.385. The molecule has 8 nitrogen and oxygen atoms in total. The number of hydrogen-bond acceptors (Lipinski definition) is 7. The Balaban J connectivity index is 2.92. The molecular formula is C11H19N5O3. The van der Waals surface area contributed by atoms with Gasteiger partial charge >= 0.3 is 5.69 Å². The van der Waals surface area contributed by atoms with E-state index in [9.17, 15) is 10.1 Å². The second kappa shape index (κ2) is 7.47. The molecule has 0 saturated carbocycles. The maximum absolute atomic E-state index is 11.0. The summed E-state index contributed by atoms with van der Waals surface area (Å²) >= 11 is 0. The summed E-state index contributed by atoms with van der Waals surface area (Å²) in [6.45, 7) is 7.56. The molecule has 8 heteroatoms. The van der Waals surface area contributed by atoms with Gasteiger partial charge in [-0.2, -0.15) is 4.98 Å².